The summed E-state index contributed by atoms with van der Waals surface area (Å²) in [6, 6.07) is 3.41. The number of urea groups is 1. The molecule has 0 saturated carbocycles. The minimum Gasteiger partial charge on any atom is -0.481 e. The number of nitrogens with zero attached hydrogens (tertiary/aromatic N) is 4. The molecule has 0 aliphatic carbocycles. The second kappa shape index (κ2) is 11.1. The molecule has 0 radical (unpaired) electrons. The van der Waals surface area contributed by atoms with Crippen molar-refractivity contribution in [2.45, 2.75) is 39.3 Å². The highest BCUT2D eigenvalue weighted by Crippen LogP contribution is 2.28. The number of benzene rings is 1. The molecule has 190 valence electrons. The number of carboxylic acid groups (broad SMARTS) is 2. The van der Waals surface area contributed by atoms with E-state index in [1.54, 1.807) is 0 Å². The van der Waals surface area contributed by atoms with Crippen LogP contribution in [0.2, 0.25) is 0 Å². The number of nitriles is 1. The van der Waals surface area contributed by atoms with Crippen LogP contribution in [0.4, 0.5) is 4.79 Å². The molecule has 36 heavy (non-hydrogen) atoms. The van der Waals surface area contributed by atoms with Crippen molar-refractivity contribution in [3.05, 3.63) is 41.1 Å². The zero-order chi connectivity index (χ0) is 27.3. The molecule has 5 amide bonds. The van der Waals surface area contributed by atoms with E-state index in [4.69, 9.17) is 5.26 Å². The van der Waals surface area contributed by atoms with Gasteiger partial charge >= 0.3 is 18.0 Å². The van der Waals surface area contributed by atoms with E-state index in [1.807, 2.05) is 6.07 Å². The molecule has 1 aliphatic rings. The topological polar surface area (TPSA) is 188 Å². The van der Waals surface area contributed by atoms with Gasteiger partial charge in [-0.25, -0.2) is 14.6 Å². The fourth-order valence-electron chi connectivity index (χ4n) is 3.56. The Morgan fingerprint density at radius 1 is 1.14 bits per heavy atom. The zero-order valence-electron chi connectivity index (χ0n) is 20.0. The minimum absolute atomic E-state index is 0.204. The largest absolute Gasteiger partial charge is 0.481 e. The number of aliphatic carboxylic acids is 2. The fourth-order valence-corrected chi connectivity index (χ4v) is 3.56. The van der Waals surface area contributed by atoms with Crippen molar-refractivity contribution in [2.24, 2.45) is 5.92 Å². The number of hydrogen-bond acceptors (Lipinski definition) is 7. The first-order chi connectivity index (χ1) is 16.8. The monoisotopic (exact) mass is 499 g/mol. The van der Waals surface area contributed by atoms with E-state index in [9.17, 15) is 39.0 Å². The van der Waals surface area contributed by atoms with Crippen LogP contribution < -0.4 is 5.32 Å². The van der Waals surface area contributed by atoms with E-state index in [0.717, 1.165) is 11.8 Å². The van der Waals surface area contributed by atoms with Crippen molar-refractivity contribution < 1.29 is 39.0 Å². The van der Waals surface area contributed by atoms with Gasteiger partial charge in [0.25, 0.3) is 11.8 Å². The summed E-state index contributed by atoms with van der Waals surface area (Å²) in [5, 5.41) is 30.9. The third-order valence-electron chi connectivity index (χ3n) is 5.23. The second-order valence-electron chi connectivity index (χ2n) is 8.28. The Kier molecular flexibility index (Phi) is 8.51. The first-order valence-corrected chi connectivity index (χ1v) is 10.7. The van der Waals surface area contributed by atoms with Crippen LogP contribution in [0.15, 0.2) is 30.0 Å². The van der Waals surface area contributed by atoms with Gasteiger partial charge in [0.15, 0.2) is 6.04 Å². The molecule has 0 aromatic heterocycles. The average molecular weight is 499 g/mol. The SMILES string of the molecule is CC(=O)N[C@@H](CC(=O)O)C(=O)N([C@H](C(=O)O)C(C)C)N1C(=O)C(=Cc2ccc(C#N)cc2)N(C)C1=O. The summed E-state index contributed by atoms with van der Waals surface area (Å²) >= 11 is 0. The van der Waals surface area contributed by atoms with Crippen LogP contribution in [0.5, 0.6) is 0 Å². The summed E-state index contributed by atoms with van der Waals surface area (Å²) in [5.74, 6) is -6.93. The van der Waals surface area contributed by atoms with Crippen LogP contribution >= 0.6 is 0 Å². The smallest absolute Gasteiger partial charge is 0.350 e. The second-order valence-corrected chi connectivity index (χ2v) is 8.28. The summed E-state index contributed by atoms with van der Waals surface area (Å²) in [5.41, 5.74) is 0.600. The number of likely N-dealkylation sites (N-methyl/N-ethyl adjacent to an activating group) is 1. The van der Waals surface area contributed by atoms with E-state index in [2.05, 4.69) is 5.32 Å². The number of hydrazine groups is 1. The molecule has 1 fully saturated rings. The molecule has 1 heterocycles. The molecule has 1 aromatic carbocycles. The third kappa shape index (κ3) is 5.84. The maximum absolute atomic E-state index is 13.5. The lowest BCUT2D eigenvalue weighted by Gasteiger charge is -2.37. The predicted molar refractivity (Wildman–Crippen MR) is 122 cm³/mol. The maximum atomic E-state index is 13.5. The average Bonchev–Trinajstić information content (AvgIpc) is 2.99. The van der Waals surface area contributed by atoms with E-state index in [0.29, 0.717) is 21.1 Å². The van der Waals surface area contributed by atoms with Crippen LogP contribution in [0.1, 0.15) is 38.3 Å². The number of carbonyl (C=O) groups is 6. The Labute approximate surface area is 206 Å². The summed E-state index contributed by atoms with van der Waals surface area (Å²) < 4.78 is 0. The highest BCUT2D eigenvalue weighted by molar-refractivity contribution is 6.15. The number of imide groups is 1. The molecule has 0 spiro atoms. The van der Waals surface area contributed by atoms with Gasteiger partial charge in [0.1, 0.15) is 11.7 Å². The number of amides is 5. The molecule has 13 nitrogen and oxygen atoms in total. The fraction of sp³-hybridized carbons (Fsp3) is 0.348. The summed E-state index contributed by atoms with van der Waals surface area (Å²) in [7, 11) is 1.24. The number of carboxylic acids is 2. The van der Waals surface area contributed by atoms with Crippen LogP contribution in [0.3, 0.4) is 0 Å². The van der Waals surface area contributed by atoms with Gasteiger partial charge in [0.2, 0.25) is 5.91 Å². The van der Waals surface area contributed by atoms with Crippen molar-refractivity contribution in [1.82, 2.24) is 20.2 Å². The molecule has 1 aromatic rings. The molecular weight excluding hydrogens is 474 g/mol. The first-order valence-electron chi connectivity index (χ1n) is 10.7. The molecule has 13 heteroatoms. The molecule has 2 rings (SSSR count). The van der Waals surface area contributed by atoms with E-state index < -0.39 is 60.1 Å². The molecule has 1 saturated heterocycles. The van der Waals surface area contributed by atoms with E-state index in [-0.39, 0.29) is 5.70 Å². The minimum atomic E-state index is -1.75. The lowest BCUT2D eigenvalue weighted by molar-refractivity contribution is -0.171. The number of rotatable bonds is 9. The van der Waals surface area contributed by atoms with Gasteiger partial charge in [0, 0.05) is 14.0 Å². The summed E-state index contributed by atoms with van der Waals surface area (Å²) in [6.07, 6.45) is 0.400. The summed E-state index contributed by atoms with van der Waals surface area (Å²) in [4.78, 5) is 76.0. The highest BCUT2D eigenvalue weighted by Gasteiger charge is 2.50. The Balaban J connectivity index is 2.63. The molecule has 3 N–H and O–H groups in total. The van der Waals surface area contributed by atoms with Gasteiger partial charge in [-0.15, -0.1) is 0 Å². The third-order valence-corrected chi connectivity index (χ3v) is 5.23. The molecule has 0 bridgehead atoms. The number of nitrogens with one attached hydrogen (secondary N) is 1. The Bertz CT molecular complexity index is 1150. The van der Waals surface area contributed by atoms with Crippen molar-refractivity contribution >= 4 is 41.8 Å². The van der Waals surface area contributed by atoms with Gasteiger partial charge in [-0.3, -0.25) is 24.1 Å². The Morgan fingerprint density at radius 3 is 2.17 bits per heavy atom. The molecule has 0 unspecified atom stereocenters. The van der Waals surface area contributed by atoms with E-state index in [1.165, 1.54) is 51.2 Å². The lowest BCUT2D eigenvalue weighted by Crippen LogP contribution is -2.63. The van der Waals surface area contributed by atoms with Crippen LogP contribution in [-0.2, 0) is 24.0 Å². The quantitative estimate of drug-likeness (QED) is 0.323. The number of hydrogen-bond donors (Lipinski definition) is 3. The Morgan fingerprint density at radius 2 is 1.72 bits per heavy atom. The standard InChI is InChI=1S/C23H25N5O8/c1-12(2)19(22(34)35)27(20(32)16(10-18(30)31)25-13(3)29)28-21(33)17(26(4)23(28)36)9-14-5-7-15(11-24)8-6-14/h5-9,12,16,19H,10H2,1-4H3,(H,25,29)(H,30,31)(H,34,35)/t16-,19-/m0/s1. The van der Waals surface area contributed by atoms with Gasteiger partial charge in [0.05, 0.1) is 18.1 Å². The van der Waals surface area contributed by atoms with Crippen molar-refractivity contribution in [2.75, 3.05) is 7.05 Å². The molecular formula is C23H25N5O8. The number of carbonyl (C=O) groups excluding carboxylic acids is 4. The summed E-state index contributed by atoms with van der Waals surface area (Å²) in [6.45, 7) is 3.90. The lowest BCUT2D eigenvalue weighted by atomic mass is 10.0. The van der Waals surface area contributed by atoms with Crippen LogP contribution in [0.25, 0.3) is 6.08 Å². The van der Waals surface area contributed by atoms with Crippen LogP contribution in [-0.4, -0.2) is 80.0 Å². The maximum Gasteiger partial charge on any atom is 0.350 e. The van der Waals surface area contributed by atoms with E-state index >= 15 is 0 Å². The van der Waals surface area contributed by atoms with Crippen molar-refractivity contribution in [1.29, 1.82) is 5.26 Å². The van der Waals surface area contributed by atoms with Crippen LogP contribution in [0, 0.1) is 17.2 Å². The normalized spacial score (nSPS) is 16.1. The first kappa shape index (κ1) is 27.5. The zero-order valence-corrected chi connectivity index (χ0v) is 20.0. The molecule has 1 aliphatic heterocycles. The predicted octanol–water partition coefficient (Wildman–Crippen LogP) is 0.625. The Hall–Kier alpha value is -4.73. The van der Waals surface area contributed by atoms with Crippen molar-refractivity contribution in [3.63, 3.8) is 0 Å². The molecule has 2 atom stereocenters. The van der Waals surface area contributed by atoms with Gasteiger partial charge in [-0.05, 0) is 29.7 Å². The van der Waals surface area contributed by atoms with Gasteiger partial charge < -0.3 is 15.5 Å². The van der Waals surface area contributed by atoms with Gasteiger partial charge in [-0.2, -0.15) is 10.3 Å². The van der Waals surface area contributed by atoms with Crippen molar-refractivity contribution in [3.8, 4) is 6.07 Å². The van der Waals surface area contributed by atoms with Gasteiger partial charge in [-0.1, -0.05) is 26.0 Å². The highest BCUT2D eigenvalue weighted by atomic mass is 16.4.